The van der Waals surface area contributed by atoms with Gasteiger partial charge in [-0.15, -0.1) is 34.2 Å². The molecule has 158 valence electrons. The average molecular weight is 518 g/mol. The van der Waals surface area contributed by atoms with E-state index in [2.05, 4.69) is 31.9 Å². The van der Waals surface area contributed by atoms with Gasteiger partial charge in [-0.05, 0) is 37.0 Å². The van der Waals surface area contributed by atoms with Gasteiger partial charge in [-0.3, -0.25) is 9.56 Å². The van der Waals surface area contributed by atoms with Crippen LogP contribution < -0.4 is 15.4 Å². The summed E-state index contributed by atoms with van der Waals surface area (Å²) < 4.78 is 7.95. The number of benzene rings is 2. The van der Waals surface area contributed by atoms with Crippen LogP contribution in [0.5, 0.6) is 5.75 Å². The van der Waals surface area contributed by atoms with Crippen LogP contribution in [0.1, 0.15) is 24.2 Å². The molecule has 1 aromatic heterocycles. The van der Waals surface area contributed by atoms with Gasteiger partial charge in [-0.2, -0.15) is 0 Å². The Morgan fingerprint density at radius 2 is 1.80 bits per heavy atom. The van der Waals surface area contributed by atoms with Crippen molar-refractivity contribution < 1.29 is 4.74 Å². The lowest BCUT2D eigenvalue weighted by Crippen LogP contribution is -2.37. The summed E-state index contributed by atoms with van der Waals surface area (Å²) in [6, 6.07) is 18.2. The molecule has 1 aliphatic rings. The first kappa shape index (κ1) is 22.1. The summed E-state index contributed by atoms with van der Waals surface area (Å²) in [5, 5.41) is 14.9. The molecule has 0 radical (unpaired) electrons. The van der Waals surface area contributed by atoms with Gasteiger partial charge in [0, 0.05) is 24.8 Å². The number of halogens is 1. The minimum atomic E-state index is 0. The smallest absolute Gasteiger partial charge is 0.191 e. The number of hydrogen-bond acceptors (Lipinski definition) is 4. The van der Waals surface area contributed by atoms with E-state index in [9.17, 15) is 0 Å². The summed E-state index contributed by atoms with van der Waals surface area (Å²) in [4.78, 5) is 4.32. The number of rotatable bonds is 8. The molecule has 30 heavy (non-hydrogen) atoms. The highest BCUT2D eigenvalue weighted by molar-refractivity contribution is 14.0. The van der Waals surface area contributed by atoms with Crippen molar-refractivity contribution in [3.63, 3.8) is 0 Å². The standard InChI is InChI=1S/C22H26N6O.HI/c1-23-22(24-13-18-7-5-6-10-20(18)29-15-17-11-12-17)25-14-21-27-26-16-28(21)19-8-3-2-4-9-19;/h2-10,16-17H,11-15H2,1H3,(H2,23,24,25);1H. The van der Waals surface area contributed by atoms with Crippen molar-refractivity contribution in [2.45, 2.75) is 25.9 Å². The van der Waals surface area contributed by atoms with E-state index in [0.717, 1.165) is 35.3 Å². The lowest BCUT2D eigenvalue weighted by molar-refractivity contribution is 0.296. The van der Waals surface area contributed by atoms with Crippen molar-refractivity contribution in [2.24, 2.45) is 10.9 Å². The maximum Gasteiger partial charge on any atom is 0.191 e. The van der Waals surface area contributed by atoms with Gasteiger partial charge in [0.05, 0.1) is 13.2 Å². The number of nitrogens with one attached hydrogen (secondary N) is 2. The van der Waals surface area contributed by atoms with Crippen LogP contribution in [0.15, 0.2) is 65.9 Å². The number of hydrogen-bond donors (Lipinski definition) is 2. The zero-order chi connectivity index (χ0) is 19.9. The molecule has 1 saturated carbocycles. The zero-order valence-electron chi connectivity index (χ0n) is 17.0. The fourth-order valence-corrected chi connectivity index (χ4v) is 3.03. The van der Waals surface area contributed by atoms with Crippen molar-refractivity contribution in [3.05, 3.63) is 72.3 Å². The SMILES string of the molecule is CN=C(NCc1ccccc1OCC1CC1)NCc1nncn1-c1ccccc1.I. The molecule has 0 amide bonds. The highest BCUT2D eigenvalue weighted by Gasteiger charge is 2.22. The van der Waals surface area contributed by atoms with Crippen LogP contribution in [0.4, 0.5) is 0 Å². The molecule has 4 rings (SSSR count). The first-order chi connectivity index (χ1) is 14.3. The monoisotopic (exact) mass is 518 g/mol. The second-order valence-electron chi connectivity index (χ2n) is 7.09. The number of aromatic nitrogens is 3. The molecule has 3 aromatic rings. The number of ether oxygens (including phenoxy) is 1. The topological polar surface area (TPSA) is 76.4 Å². The third kappa shape index (κ3) is 5.94. The highest BCUT2D eigenvalue weighted by Crippen LogP contribution is 2.30. The predicted molar refractivity (Wildman–Crippen MR) is 128 cm³/mol. The number of aliphatic imine (C=N–C) groups is 1. The Hall–Kier alpha value is -2.62. The minimum Gasteiger partial charge on any atom is -0.493 e. The Morgan fingerprint density at radius 1 is 1.07 bits per heavy atom. The van der Waals surface area contributed by atoms with Gasteiger partial charge in [0.25, 0.3) is 0 Å². The second-order valence-corrected chi connectivity index (χ2v) is 7.09. The quantitative estimate of drug-likeness (QED) is 0.271. The fourth-order valence-electron chi connectivity index (χ4n) is 3.03. The molecule has 2 aromatic carbocycles. The maximum atomic E-state index is 5.99. The third-order valence-corrected chi connectivity index (χ3v) is 4.88. The summed E-state index contributed by atoms with van der Waals surface area (Å²) in [7, 11) is 1.76. The highest BCUT2D eigenvalue weighted by atomic mass is 127. The van der Waals surface area contributed by atoms with Crippen LogP contribution in [-0.2, 0) is 13.1 Å². The molecular weight excluding hydrogens is 491 g/mol. The molecule has 0 spiro atoms. The van der Waals surface area contributed by atoms with Crippen LogP contribution in [0.25, 0.3) is 5.69 Å². The van der Waals surface area contributed by atoms with Crippen molar-refractivity contribution in [3.8, 4) is 11.4 Å². The predicted octanol–water partition coefficient (Wildman–Crippen LogP) is 3.54. The molecule has 0 unspecified atom stereocenters. The van der Waals surface area contributed by atoms with Gasteiger partial charge in [0.2, 0.25) is 0 Å². The summed E-state index contributed by atoms with van der Waals surface area (Å²) in [6.45, 7) is 1.94. The molecular formula is C22H27IN6O. The number of guanidine groups is 1. The molecule has 0 aliphatic heterocycles. The van der Waals surface area contributed by atoms with Gasteiger partial charge < -0.3 is 15.4 Å². The lowest BCUT2D eigenvalue weighted by Gasteiger charge is -2.15. The van der Waals surface area contributed by atoms with Gasteiger partial charge >= 0.3 is 0 Å². The summed E-state index contributed by atoms with van der Waals surface area (Å²) >= 11 is 0. The normalized spacial score (nSPS) is 13.4. The van der Waals surface area contributed by atoms with Gasteiger partial charge in [0.15, 0.2) is 11.8 Å². The van der Waals surface area contributed by atoms with E-state index in [1.54, 1.807) is 13.4 Å². The first-order valence-corrected chi connectivity index (χ1v) is 9.93. The second kappa shape index (κ2) is 11.0. The first-order valence-electron chi connectivity index (χ1n) is 9.93. The van der Waals surface area contributed by atoms with E-state index in [1.807, 2.05) is 53.1 Å². The summed E-state index contributed by atoms with van der Waals surface area (Å²) in [6.07, 6.45) is 4.28. The van der Waals surface area contributed by atoms with Gasteiger partial charge in [-0.25, -0.2) is 0 Å². The van der Waals surface area contributed by atoms with Crippen LogP contribution in [-0.4, -0.2) is 34.4 Å². The zero-order valence-corrected chi connectivity index (χ0v) is 19.3. The Morgan fingerprint density at radius 3 is 2.57 bits per heavy atom. The Bertz CT molecular complexity index is 955. The van der Waals surface area contributed by atoms with Crippen molar-refractivity contribution in [1.82, 2.24) is 25.4 Å². The average Bonchev–Trinajstić information content (AvgIpc) is 3.49. The van der Waals surface area contributed by atoms with E-state index in [0.29, 0.717) is 19.0 Å². The van der Waals surface area contributed by atoms with E-state index >= 15 is 0 Å². The van der Waals surface area contributed by atoms with E-state index in [4.69, 9.17) is 4.74 Å². The number of para-hydroxylation sites is 2. The van der Waals surface area contributed by atoms with E-state index in [-0.39, 0.29) is 24.0 Å². The van der Waals surface area contributed by atoms with Crippen molar-refractivity contribution in [1.29, 1.82) is 0 Å². The minimum absolute atomic E-state index is 0. The number of nitrogens with zero attached hydrogens (tertiary/aromatic N) is 4. The van der Waals surface area contributed by atoms with Crippen LogP contribution in [0.3, 0.4) is 0 Å². The molecule has 1 aliphatic carbocycles. The molecule has 8 heteroatoms. The third-order valence-electron chi connectivity index (χ3n) is 4.88. The van der Waals surface area contributed by atoms with E-state index in [1.165, 1.54) is 12.8 Å². The van der Waals surface area contributed by atoms with Crippen LogP contribution >= 0.6 is 24.0 Å². The molecule has 0 bridgehead atoms. The molecule has 0 atom stereocenters. The fraction of sp³-hybridized carbons (Fsp3) is 0.318. The molecule has 2 N–H and O–H groups in total. The maximum absolute atomic E-state index is 5.99. The summed E-state index contributed by atoms with van der Waals surface area (Å²) in [5.41, 5.74) is 2.14. The van der Waals surface area contributed by atoms with Crippen LogP contribution in [0.2, 0.25) is 0 Å². The van der Waals surface area contributed by atoms with Gasteiger partial charge in [-0.1, -0.05) is 36.4 Å². The Balaban J connectivity index is 0.00000256. The lowest BCUT2D eigenvalue weighted by atomic mass is 10.2. The van der Waals surface area contributed by atoms with Crippen molar-refractivity contribution >= 4 is 29.9 Å². The summed E-state index contributed by atoms with van der Waals surface area (Å²) in [5.74, 6) is 3.18. The molecule has 7 nitrogen and oxygen atoms in total. The molecule has 0 saturated heterocycles. The Kier molecular flexibility index (Phi) is 8.06. The largest absolute Gasteiger partial charge is 0.493 e. The molecule has 1 fully saturated rings. The Labute approximate surface area is 194 Å². The van der Waals surface area contributed by atoms with Gasteiger partial charge in [0.1, 0.15) is 12.1 Å². The molecule has 1 heterocycles. The van der Waals surface area contributed by atoms with Crippen LogP contribution in [0, 0.1) is 5.92 Å². The van der Waals surface area contributed by atoms with Crippen molar-refractivity contribution in [2.75, 3.05) is 13.7 Å². The van der Waals surface area contributed by atoms with E-state index < -0.39 is 0 Å².